The Morgan fingerprint density at radius 3 is 2.58 bits per heavy atom. The van der Waals surface area contributed by atoms with Gasteiger partial charge in [-0.25, -0.2) is 0 Å². The number of hydrogen-bond acceptors (Lipinski definition) is 1. The molecule has 0 heterocycles. The summed E-state index contributed by atoms with van der Waals surface area (Å²) < 4.78 is 0. The van der Waals surface area contributed by atoms with Crippen LogP contribution in [0.2, 0.25) is 0 Å². The second-order valence-electron chi connectivity index (χ2n) is 3.72. The van der Waals surface area contributed by atoms with Gasteiger partial charge < -0.3 is 5.32 Å². The van der Waals surface area contributed by atoms with Crippen molar-refractivity contribution >= 4 is 0 Å². The molecule has 0 aromatic rings. The molecule has 0 amide bonds. The molecule has 1 fully saturated rings. The highest BCUT2D eigenvalue weighted by Crippen LogP contribution is 2.26. The predicted molar refractivity (Wildman–Crippen MR) is 54.2 cm³/mol. The Labute approximate surface area is 76.2 Å². The number of nitrogens with one attached hydrogen (secondary N) is 1. The average molecular weight is 167 g/mol. The Hall–Kier alpha value is -0.300. The zero-order chi connectivity index (χ0) is 8.81. The molecule has 0 radical (unpaired) electrons. The minimum atomic E-state index is 0.565. The Balaban J connectivity index is 2.34. The van der Waals surface area contributed by atoms with Crippen molar-refractivity contribution in [2.45, 2.75) is 45.1 Å². The molecule has 1 saturated carbocycles. The second-order valence-corrected chi connectivity index (χ2v) is 3.72. The molecule has 0 saturated heterocycles. The van der Waals surface area contributed by atoms with Crippen molar-refractivity contribution in [1.82, 2.24) is 5.32 Å². The van der Waals surface area contributed by atoms with Crippen LogP contribution in [-0.4, -0.2) is 12.6 Å². The standard InChI is InChI=1S/C11H21N/c1-3-11(12-4-2)10-8-6-5-7-9-10/h3,10-12H,1,4-9H2,2H3. The van der Waals surface area contributed by atoms with Gasteiger partial charge in [0, 0.05) is 6.04 Å². The van der Waals surface area contributed by atoms with E-state index in [2.05, 4.69) is 24.9 Å². The van der Waals surface area contributed by atoms with Crippen molar-refractivity contribution in [3.05, 3.63) is 12.7 Å². The topological polar surface area (TPSA) is 12.0 Å². The summed E-state index contributed by atoms with van der Waals surface area (Å²) in [6, 6.07) is 0.565. The van der Waals surface area contributed by atoms with Gasteiger partial charge >= 0.3 is 0 Å². The highest BCUT2D eigenvalue weighted by atomic mass is 14.9. The fraction of sp³-hybridized carbons (Fsp3) is 0.818. The van der Waals surface area contributed by atoms with Gasteiger partial charge in [-0.2, -0.15) is 0 Å². The van der Waals surface area contributed by atoms with E-state index < -0.39 is 0 Å². The van der Waals surface area contributed by atoms with E-state index in [4.69, 9.17) is 0 Å². The van der Waals surface area contributed by atoms with Crippen molar-refractivity contribution in [2.75, 3.05) is 6.54 Å². The van der Waals surface area contributed by atoms with E-state index in [9.17, 15) is 0 Å². The third kappa shape index (κ3) is 2.63. The predicted octanol–water partition coefficient (Wildman–Crippen LogP) is 2.73. The van der Waals surface area contributed by atoms with Gasteiger partial charge in [0.05, 0.1) is 0 Å². The lowest BCUT2D eigenvalue weighted by Gasteiger charge is -2.28. The van der Waals surface area contributed by atoms with Crippen molar-refractivity contribution in [3.8, 4) is 0 Å². The molecule has 1 aliphatic carbocycles. The molecule has 0 spiro atoms. The maximum absolute atomic E-state index is 3.89. The molecule has 1 unspecified atom stereocenters. The summed E-state index contributed by atoms with van der Waals surface area (Å²) >= 11 is 0. The van der Waals surface area contributed by atoms with E-state index in [1.54, 1.807) is 0 Å². The zero-order valence-electron chi connectivity index (χ0n) is 8.18. The lowest BCUT2D eigenvalue weighted by Crippen LogP contribution is -2.35. The Morgan fingerprint density at radius 1 is 1.42 bits per heavy atom. The van der Waals surface area contributed by atoms with Gasteiger partial charge in [-0.15, -0.1) is 6.58 Å². The third-order valence-electron chi connectivity index (χ3n) is 2.85. The molecular formula is C11H21N. The van der Waals surface area contributed by atoms with E-state index in [1.807, 2.05) is 0 Å². The first-order chi connectivity index (χ1) is 5.88. The van der Waals surface area contributed by atoms with Crippen LogP contribution in [0, 0.1) is 5.92 Å². The molecule has 0 bridgehead atoms. The SMILES string of the molecule is C=CC(NCC)C1CCCCC1. The first-order valence-electron chi connectivity index (χ1n) is 5.24. The lowest BCUT2D eigenvalue weighted by atomic mass is 9.84. The van der Waals surface area contributed by atoms with Crippen LogP contribution < -0.4 is 5.32 Å². The highest BCUT2D eigenvalue weighted by Gasteiger charge is 2.19. The number of likely N-dealkylation sites (N-methyl/N-ethyl adjacent to an activating group) is 1. The van der Waals surface area contributed by atoms with Crippen LogP contribution in [0.5, 0.6) is 0 Å². The first kappa shape index (κ1) is 9.79. The quantitative estimate of drug-likeness (QED) is 0.635. The Bertz CT molecular complexity index is 125. The fourth-order valence-electron chi connectivity index (χ4n) is 2.17. The van der Waals surface area contributed by atoms with Crippen molar-refractivity contribution < 1.29 is 0 Å². The van der Waals surface area contributed by atoms with Gasteiger partial charge in [0.15, 0.2) is 0 Å². The minimum Gasteiger partial charge on any atom is -0.311 e. The van der Waals surface area contributed by atoms with Gasteiger partial charge in [-0.3, -0.25) is 0 Å². The van der Waals surface area contributed by atoms with Crippen LogP contribution in [0.15, 0.2) is 12.7 Å². The lowest BCUT2D eigenvalue weighted by molar-refractivity contribution is 0.303. The molecule has 1 heteroatoms. The molecule has 1 aliphatic rings. The van der Waals surface area contributed by atoms with Crippen molar-refractivity contribution in [3.63, 3.8) is 0 Å². The summed E-state index contributed by atoms with van der Waals surface area (Å²) in [7, 11) is 0. The first-order valence-corrected chi connectivity index (χ1v) is 5.24. The second kappa shape index (κ2) is 5.36. The molecule has 12 heavy (non-hydrogen) atoms. The summed E-state index contributed by atoms with van der Waals surface area (Å²) in [5.41, 5.74) is 0. The van der Waals surface area contributed by atoms with E-state index in [-0.39, 0.29) is 0 Å². The van der Waals surface area contributed by atoms with Crippen LogP contribution in [0.3, 0.4) is 0 Å². The molecule has 1 nitrogen and oxygen atoms in total. The van der Waals surface area contributed by atoms with E-state index in [0.29, 0.717) is 6.04 Å². The molecule has 70 valence electrons. The van der Waals surface area contributed by atoms with Crippen LogP contribution in [-0.2, 0) is 0 Å². The summed E-state index contributed by atoms with van der Waals surface area (Å²) in [5, 5.41) is 3.48. The molecular weight excluding hydrogens is 146 g/mol. The maximum atomic E-state index is 3.89. The largest absolute Gasteiger partial charge is 0.311 e. The minimum absolute atomic E-state index is 0.565. The maximum Gasteiger partial charge on any atom is 0.0275 e. The van der Waals surface area contributed by atoms with E-state index in [1.165, 1.54) is 32.1 Å². The summed E-state index contributed by atoms with van der Waals surface area (Å²) in [6.45, 7) is 7.12. The zero-order valence-corrected chi connectivity index (χ0v) is 8.18. The molecule has 0 aromatic carbocycles. The summed E-state index contributed by atoms with van der Waals surface area (Å²) in [5.74, 6) is 0.858. The van der Waals surface area contributed by atoms with Gasteiger partial charge in [-0.1, -0.05) is 32.3 Å². The fourth-order valence-corrected chi connectivity index (χ4v) is 2.17. The third-order valence-corrected chi connectivity index (χ3v) is 2.85. The molecule has 0 aromatic heterocycles. The highest BCUT2D eigenvalue weighted by molar-refractivity contribution is 4.91. The summed E-state index contributed by atoms with van der Waals surface area (Å²) in [4.78, 5) is 0. The molecule has 0 aliphatic heterocycles. The number of hydrogen-bond donors (Lipinski definition) is 1. The molecule has 1 N–H and O–H groups in total. The number of rotatable bonds is 4. The average Bonchev–Trinajstić information content (AvgIpc) is 2.15. The monoisotopic (exact) mass is 167 g/mol. The Morgan fingerprint density at radius 2 is 2.08 bits per heavy atom. The van der Waals surface area contributed by atoms with E-state index in [0.717, 1.165) is 12.5 Å². The van der Waals surface area contributed by atoms with Crippen LogP contribution in [0.25, 0.3) is 0 Å². The van der Waals surface area contributed by atoms with Gasteiger partial charge in [-0.05, 0) is 25.3 Å². The molecule has 1 rings (SSSR count). The smallest absolute Gasteiger partial charge is 0.0275 e. The van der Waals surface area contributed by atoms with Crippen molar-refractivity contribution in [1.29, 1.82) is 0 Å². The van der Waals surface area contributed by atoms with Gasteiger partial charge in [0.25, 0.3) is 0 Å². The molecule has 1 atom stereocenters. The van der Waals surface area contributed by atoms with E-state index >= 15 is 0 Å². The van der Waals surface area contributed by atoms with Gasteiger partial charge in [0.1, 0.15) is 0 Å². The van der Waals surface area contributed by atoms with Crippen LogP contribution in [0.1, 0.15) is 39.0 Å². The van der Waals surface area contributed by atoms with Crippen molar-refractivity contribution in [2.24, 2.45) is 5.92 Å². The van der Waals surface area contributed by atoms with Crippen LogP contribution in [0.4, 0.5) is 0 Å². The van der Waals surface area contributed by atoms with Crippen LogP contribution >= 0.6 is 0 Å². The Kier molecular flexibility index (Phi) is 4.37. The normalized spacial score (nSPS) is 22.1. The summed E-state index contributed by atoms with van der Waals surface area (Å²) in [6.07, 6.45) is 9.14. The van der Waals surface area contributed by atoms with Gasteiger partial charge in [0.2, 0.25) is 0 Å².